The van der Waals surface area contributed by atoms with Gasteiger partial charge in [-0.1, -0.05) is 60.7 Å². The van der Waals surface area contributed by atoms with Crippen LogP contribution in [-0.2, 0) is 23.9 Å². The molecule has 0 bridgehead atoms. The molecule has 1 N–H and O–H groups in total. The van der Waals surface area contributed by atoms with E-state index in [1.807, 2.05) is 59.4 Å². The van der Waals surface area contributed by atoms with Crippen LogP contribution in [0.15, 0.2) is 103 Å². The fourth-order valence-electron chi connectivity index (χ4n) is 5.21. The highest BCUT2D eigenvalue weighted by Gasteiger charge is 2.30. The number of carbonyl (C=O) groups is 1. The molecule has 1 atom stereocenters. The highest BCUT2D eigenvalue weighted by Crippen LogP contribution is 2.30. The summed E-state index contributed by atoms with van der Waals surface area (Å²) in [6.45, 7) is 2.37. The van der Waals surface area contributed by atoms with Crippen LogP contribution in [0.4, 0.5) is 13.2 Å². The van der Waals surface area contributed by atoms with Crippen LogP contribution in [0.2, 0.25) is 0 Å². The van der Waals surface area contributed by atoms with E-state index in [0.717, 1.165) is 62.2 Å². The summed E-state index contributed by atoms with van der Waals surface area (Å²) in [5.41, 5.74) is 3.41. The topological polar surface area (TPSA) is 37.3 Å². The minimum Gasteiger partial charge on any atom is -0.349 e. The molecule has 1 aliphatic heterocycles. The Balaban J connectivity index is 1.15. The van der Waals surface area contributed by atoms with E-state index in [4.69, 9.17) is 0 Å². The minimum atomic E-state index is -4.34. The summed E-state index contributed by atoms with van der Waals surface area (Å²) in [6.07, 6.45) is 1.81. The van der Waals surface area contributed by atoms with Crippen LogP contribution in [0.1, 0.15) is 41.1 Å². The standard InChI is InChI=1S/C32H32F3N3O/c33-32(34,35)28-11-13-29(14-12-28)38-20-15-25(23-38)22-37-18-16-27(17-19-37)31(39)36-30(26-9-5-2-6-10-26)21-24-7-3-1-4-8-24/h1-15,20,23,27,30H,16-19,21-22H2,(H,36,39). The van der Waals surface area contributed by atoms with Crippen molar-refractivity contribution < 1.29 is 18.0 Å². The van der Waals surface area contributed by atoms with Crippen LogP contribution < -0.4 is 5.32 Å². The predicted octanol–water partition coefficient (Wildman–Crippen LogP) is 6.81. The molecule has 39 heavy (non-hydrogen) atoms. The number of alkyl halides is 3. The first-order valence-corrected chi connectivity index (χ1v) is 13.3. The lowest BCUT2D eigenvalue weighted by Crippen LogP contribution is -2.41. The number of nitrogens with one attached hydrogen (secondary N) is 1. The van der Waals surface area contributed by atoms with E-state index in [-0.39, 0.29) is 17.9 Å². The van der Waals surface area contributed by atoms with Gasteiger partial charge >= 0.3 is 6.18 Å². The Morgan fingerprint density at radius 3 is 2.13 bits per heavy atom. The Hall–Kier alpha value is -3.84. The Morgan fingerprint density at radius 2 is 1.49 bits per heavy atom. The van der Waals surface area contributed by atoms with Crippen molar-refractivity contribution in [2.24, 2.45) is 5.92 Å². The van der Waals surface area contributed by atoms with Crippen molar-refractivity contribution in [2.75, 3.05) is 13.1 Å². The van der Waals surface area contributed by atoms with E-state index in [1.54, 1.807) is 0 Å². The number of likely N-dealkylation sites (tertiary alicyclic amines) is 1. The molecule has 4 aromatic rings. The van der Waals surface area contributed by atoms with Crippen molar-refractivity contribution in [3.05, 3.63) is 126 Å². The average Bonchev–Trinajstić information content (AvgIpc) is 3.42. The second-order valence-electron chi connectivity index (χ2n) is 10.2. The SMILES string of the molecule is O=C(NC(Cc1ccccc1)c1ccccc1)C1CCN(Cc2ccn(-c3ccc(C(F)(F)F)cc3)c2)CC1. The highest BCUT2D eigenvalue weighted by molar-refractivity contribution is 5.79. The highest BCUT2D eigenvalue weighted by atomic mass is 19.4. The maximum atomic E-state index is 13.3. The van der Waals surface area contributed by atoms with Gasteiger partial charge in [-0.2, -0.15) is 13.2 Å². The fourth-order valence-corrected chi connectivity index (χ4v) is 5.21. The molecular weight excluding hydrogens is 499 g/mol. The number of halogens is 3. The molecule has 1 aromatic heterocycles. The van der Waals surface area contributed by atoms with Gasteiger partial charge in [-0.3, -0.25) is 9.69 Å². The molecule has 0 radical (unpaired) electrons. The first kappa shape index (κ1) is 26.8. The summed E-state index contributed by atoms with van der Waals surface area (Å²) in [7, 11) is 0. The number of carbonyl (C=O) groups excluding carboxylic acids is 1. The fraction of sp³-hybridized carbons (Fsp3) is 0.281. The average molecular weight is 532 g/mol. The molecule has 1 unspecified atom stereocenters. The third-order valence-corrected chi connectivity index (χ3v) is 7.41. The summed E-state index contributed by atoms with van der Waals surface area (Å²) in [5, 5.41) is 3.32. The molecule has 1 fully saturated rings. The zero-order valence-corrected chi connectivity index (χ0v) is 21.6. The number of piperidine rings is 1. The normalized spacial score (nSPS) is 15.7. The number of hydrogen-bond acceptors (Lipinski definition) is 2. The lowest BCUT2D eigenvalue weighted by atomic mass is 9.93. The molecule has 0 aliphatic carbocycles. The van der Waals surface area contributed by atoms with Gasteiger partial charge in [0.15, 0.2) is 0 Å². The molecule has 3 aromatic carbocycles. The molecule has 1 aliphatic rings. The largest absolute Gasteiger partial charge is 0.416 e. The van der Waals surface area contributed by atoms with Crippen LogP contribution in [0.25, 0.3) is 5.69 Å². The number of aromatic nitrogens is 1. The smallest absolute Gasteiger partial charge is 0.349 e. The van der Waals surface area contributed by atoms with Crippen molar-refractivity contribution in [2.45, 2.75) is 38.0 Å². The van der Waals surface area contributed by atoms with Gasteiger partial charge in [0.1, 0.15) is 0 Å². The van der Waals surface area contributed by atoms with Crippen LogP contribution in [0.5, 0.6) is 0 Å². The second kappa shape index (κ2) is 11.9. The van der Waals surface area contributed by atoms with Gasteiger partial charge in [-0.25, -0.2) is 0 Å². The van der Waals surface area contributed by atoms with Gasteiger partial charge in [0, 0.05) is 30.5 Å². The lowest BCUT2D eigenvalue weighted by molar-refractivity contribution is -0.137. The maximum absolute atomic E-state index is 13.3. The molecule has 1 amide bonds. The van der Waals surface area contributed by atoms with Gasteiger partial charge in [0.25, 0.3) is 0 Å². The minimum absolute atomic E-state index is 0.0278. The van der Waals surface area contributed by atoms with Crippen LogP contribution >= 0.6 is 0 Å². The van der Waals surface area contributed by atoms with Gasteiger partial charge in [-0.05, 0) is 79.4 Å². The monoisotopic (exact) mass is 531 g/mol. The first-order chi connectivity index (χ1) is 18.8. The van der Waals surface area contributed by atoms with Crippen molar-refractivity contribution in [1.82, 2.24) is 14.8 Å². The van der Waals surface area contributed by atoms with Gasteiger partial charge in [-0.15, -0.1) is 0 Å². The molecule has 7 heteroatoms. The van der Waals surface area contributed by atoms with Gasteiger partial charge < -0.3 is 9.88 Å². The number of nitrogens with zero attached hydrogens (tertiary/aromatic N) is 2. The zero-order valence-electron chi connectivity index (χ0n) is 21.6. The first-order valence-electron chi connectivity index (χ1n) is 13.3. The zero-order chi connectivity index (χ0) is 27.2. The lowest BCUT2D eigenvalue weighted by Gasteiger charge is -2.32. The summed E-state index contributed by atoms with van der Waals surface area (Å²) in [5.74, 6) is 0.0767. The molecule has 5 rings (SSSR count). The molecule has 0 saturated carbocycles. The van der Waals surface area contributed by atoms with Crippen molar-refractivity contribution in [3.8, 4) is 5.69 Å². The Morgan fingerprint density at radius 1 is 0.846 bits per heavy atom. The summed E-state index contributed by atoms with van der Waals surface area (Å²) < 4.78 is 40.4. The number of rotatable bonds is 8. The Labute approximate surface area is 227 Å². The molecule has 0 spiro atoms. The van der Waals surface area contributed by atoms with Gasteiger partial charge in [0.05, 0.1) is 11.6 Å². The van der Waals surface area contributed by atoms with E-state index in [2.05, 4.69) is 34.5 Å². The molecule has 4 nitrogen and oxygen atoms in total. The summed E-state index contributed by atoms with van der Waals surface area (Å²) >= 11 is 0. The number of benzene rings is 3. The van der Waals surface area contributed by atoms with E-state index >= 15 is 0 Å². The predicted molar refractivity (Wildman–Crippen MR) is 146 cm³/mol. The van der Waals surface area contributed by atoms with Crippen molar-refractivity contribution >= 4 is 5.91 Å². The molecule has 1 saturated heterocycles. The third kappa shape index (κ3) is 6.98. The van der Waals surface area contributed by atoms with Crippen LogP contribution in [0, 0.1) is 5.92 Å². The third-order valence-electron chi connectivity index (χ3n) is 7.41. The van der Waals surface area contributed by atoms with Crippen molar-refractivity contribution in [3.63, 3.8) is 0 Å². The molecular formula is C32H32F3N3O. The van der Waals surface area contributed by atoms with E-state index < -0.39 is 11.7 Å². The summed E-state index contributed by atoms with van der Waals surface area (Å²) in [6, 6.07) is 27.4. The van der Waals surface area contributed by atoms with E-state index in [1.165, 1.54) is 17.7 Å². The van der Waals surface area contributed by atoms with Crippen molar-refractivity contribution in [1.29, 1.82) is 0 Å². The van der Waals surface area contributed by atoms with E-state index in [9.17, 15) is 18.0 Å². The second-order valence-corrected chi connectivity index (χ2v) is 10.2. The Bertz CT molecular complexity index is 1340. The maximum Gasteiger partial charge on any atom is 0.416 e. The van der Waals surface area contributed by atoms with Crippen LogP contribution in [-0.4, -0.2) is 28.5 Å². The van der Waals surface area contributed by atoms with E-state index in [0.29, 0.717) is 5.69 Å². The van der Waals surface area contributed by atoms with Gasteiger partial charge in [0.2, 0.25) is 5.91 Å². The number of amides is 1. The molecule has 202 valence electrons. The molecule has 2 heterocycles. The Kier molecular flexibility index (Phi) is 8.17. The number of hydrogen-bond donors (Lipinski definition) is 1. The van der Waals surface area contributed by atoms with Crippen LogP contribution in [0.3, 0.4) is 0 Å². The quantitative estimate of drug-likeness (QED) is 0.271. The summed E-state index contributed by atoms with van der Waals surface area (Å²) in [4.78, 5) is 15.6.